The molecule has 2 atom stereocenters. The molecule has 1 aliphatic carbocycles. The number of benzene rings is 2. The Kier molecular flexibility index (Phi) is 5.83. The molecule has 0 spiro atoms. The molecule has 1 saturated carbocycles. The van der Waals surface area contributed by atoms with Crippen LogP contribution in [0.4, 0.5) is 10.1 Å². The standard InChI is InChI=1S/C31H31FN6O2/c1-18-24-5-3-2-4-19(24)11-13-37(18)31(40)28-16-23-15-27(35-38(23)30(34-28)20-6-7-20)25-9-8-22(14-26(25)32)36-12-10-21(17-36)29(33)39/h2-5,8-9,14-16,18,20-21H,6-7,10-13,17H2,1H3,(H2,33,39)/t18-,21+/m1/s1. The SMILES string of the molecule is C[C@@H]1c2ccccc2CCN1C(=O)c1cc2cc(-c3ccc(N4CC[C@H](C(N)=O)C4)cc3F)nn2c(C2CC2)n1. The number of hydrogen-bond acceptors (Lipinski definition) is 5. The van der Waals surface area contributed by atoms with Gasteiger partial charge in [-0.05, 0) is 74.1 Å². The normalized spacial score (nSPS) is 20.6. The molecule has 2 N–H and O–H groups in total. The number of fused-ring (bicyclic) bond motifs is 2. The van der Waals surface area contributed by atoms with E-state index < -0.39 is 0 Å². The molecule has 8 nitrogen and oxygen atoms in total. The highest BCUT2D eigenvalue weighted by Crippen LogP contribution is 2.40. The fourth-order valence-corrected chi connectivity index (χ4v) is 6.20. The van der Waals surface area contributed by atoms with E-state index in [0.29, 0.717) is 43.0 Å². The van der Waals surface area contributed by atoms with E-state index >= 15 is 4.39 Å². The Hall–Kier alpha value is -4.27. The molecule has 0 radical (unpaired) electrons. The molecule has 9 heteroatoms. The van der Waals surface area contributed by atoms with Crippen molar-refractivity contribution in [1.82, 2.24) is 19.5 Å². The van der Waals surface area contributed by atoms with E-state index in [4.69, 9.17) is 15.8 Å². The summed E-state index contributed by atoms with van der Waals surface area (Å²) >= 11 is 0. The molecular formula is C31H31FN6O2. The molecule has 1 saturated heterocycles. The molecule has 2 aromatic carbocycles. The van der Waals surface area contributed by atoms with Crippen molar-refractivity contribution in [3.8, 4) is 11.3 Å². The van der Waals surface area contributed by atoms with Gasteiger partial charge in [-0.15, -0.1) is 0 Å². The Bertz CT molecular complexity index is 1660. The summed E-state index contributed by atoms with van der Waals surface area (Å²) in [5.74, 6) is -0.0197. The summed E-state index contributed by atoms with van der Waals surface area (Å²) in [5.41, 5.74) is 10.7. The highest BCUT2D eigenvalue weighted by atomic mass is 19.1. The van der Waals surface area contributed by atoms with Crippen LogP contribution in [0, 0.1) is 11.7 Å². The Labute approximate surface area is 231 Å². The Balaban J connectivity index is 1.21. The predicted molar refractivity (Wildman–Crippen MR) is 149 cm³/mol. The highest BCUT2D eigenvalue weighted by molar-refractivity contribution is 5.94. The van der Waals surface area contributed by atoms with Gasteiger partial charge in [-0.3, -0.25) is 9.59 Å². The first-order chi connectivity index (χ1) is 19.4. The first kappa shape index (κ1) is 24.7. The lowest BCUT2D eigenvalue weighted by molar-refractivity contribution is -0.121. The Morgan fingerprint density at radius 1 is 1.02 bits per heavy atom. The zero-order chi connectivity index (χ0) is 27.5. The fourth-order valence-electron chi connectivity index (χ4n) is 6.20. The van der Waals surface area contributed by atoms with Crippen molar-refractivity contribution in [2.75, 3.05) is 24.5 Å². The van der Waals surface area contributed by atoms with Gasteiger partial charge in [-0.25, -0.2) is 13.9 Å². The average Bonchev–Trinajstić information content (AvgIpc) is 3.51. The zero-order valence-electron chi connectivity index (χ0n) is 22.4. The molecule has 4 aromatic rings. The number of rotatable bonds is 5. The minimum Gasteiger partial charge on any atom is -0.371 e. The molecule has 3 aliphatic rings. The summed E-state index contributed by atoms with van der Waals surface area (Å²) in [5, 5.41) is 4.74. The van der Waals surface area contributed by atoms with Crippen molar-refractivity contribution in [2.24, 2.45) is 11.7 Å². The minimum atomic E-state index is -0.388. The third kappa shape index (κ3) is 4.20. The second-order valence-electron chi connectivity index (χ2n) is 11.3. The van der Waals surface area contributed by atoms with Gasteiger partial charge in [0.1, 0.15) is 17.3 Å². The molecule has 4 heterocycles. The van der Waals surface area contributed by atoms with E-state index in [-0.39, 0.29) is 35.5 Å². The molecule has 204 valence electrons. The molecule has 2 fully saturated rings. The second-order valence-corrected chi connectivity index (χ2v) is 11.3. The topological polar surface area (TPSA) is 96.8 Å². The van der Waals surface area contributed by atoms with Crippen molar-refractivity contribution < 1.29 is 14.0 Å². The maximum absolute atomic E-state index is 15.4. The lowest BCUT2D eigenvalue weighted by Crippen LogP contribution is -2.39. The van der Waals surface area contributed by atoms with E-state index in [1.807, 2.05) is 34.1 Å². The molecular weight excluding hydrogens is 507 g/mol. The van der Waals surface area contributed by atoms with E-state index in [2.05, 4.69) is 19.1 Å². The number of amides is 2. The quantitative estimate of drug-likeness (QED) is 0.404. The van der Waals surface area contributed by atoms with Crippen molar-refractivity contribution >= 4 is 23.0 Å². The third-order valence-corrected chi connectivity index (χ3v) is 8.68. The van der Waals surface area contributed by atoms with Crippen LogP contribution in [-0.4, -0.2) is 50.9 Å². The summed E-state index contributed by atoms with van der Waals surface area (Å²) in [6.45, 7) is 3.86. The Morgan fingerprint density at radius 3 is 2.60 bits per heavy atom. The summed E-state index contributed by atoms with van der Waals surface area (Å²) in [6, 6.07) is 16.9. The van der Waals surface area contributed by atoms with E-state index in [0.717, 1.165) is 36.3 Å². The van der Waals surface area contributed by atoms with Gasteiger partial charge < -0.3 is 15.5 Å². The van der Waals surface area contributed by atoms with Gasteiger partial charge in [0.2, 0.25) is 5.91 Å². The molecule has 7 rings (SSSR count). The van der Waals surface area contributed by atoms with Crippen LogP contribution in [0.15, 0.2) is 54.6 Å². The summed E-state index contributed by atoms with van der Waals surface area (Å²) < 4.78 is 17.2. The predicted octanol–water partition coefficient (Wildman–Crippen LogP) is 4.48. The number of hydrogen-bond donors (Lipinski definition) is 1. The molecule has 2 amide bonds. The van der Waals surface area contributed by atoms with Crippen LogP contribution in [0.3, 0.4) is 0 Å². The van der Waals surface area contributed by atoms with Crippen LogP contribution in [0.5, 0.6) is 0 Å². The maximum atomic E-state index is 15.4. The van der Waals surface area contributed by atoms with Crippen LogP contribution in [0.1, 0.15) is 65.6 Å². The summed E-state index contributed by atoms with van der Waals surface area (Å²) in [7, 11) is 0. The maximum Gasteiger partial charge on any atom is 0.273 e. The third-order valence-electron chi connectivity index (χ3n) is 8.68. The van der Waals surface area contributed by atoms with Crippen LogP contribution in [0.25, 0.3) is 16.8 Å². The van der Waals surface area contributed by atoms with Gasteiger partial charge in [-0.2, -0.15) is 5.10 Å². The van der Waals surface area contributed by atoms with E-state index in [1.54, 1.807) is 16.6 Å². The van der Waals surface area contributed by atoms with Gasteiger partial charge in [0.25, 0.3) is 5.91 Å². The number of primary amides is 1. The van der Waals surface area contributed by atoms with Crippen molar-refractivity contribution in [3.63, 3.8) is 0 Å². The summed E-state index contributed by atoms with van der Waals surface area (Å²) in [4.78, 5) is 34.0. The smallest absolute Gasteiger partial charge is 0.273 e. The zero-order valence-corrected chi connectivity index (χ0v) is 22.4. The molecule has 2 aromatic heterocycles. The summed E-state index contributed by atoms with van der Waals surface area (Å²) in [6.07, 6.45) is 3.48. The number of carbonyl (C=O) groups excluding carboxylic acids is 2. The van der Waals surface area contributed by atoms with Gasteiger partial charge in [0, 0.05) is 36.8 Å². The number of halogens is 1. The molecule has 0 unspecified atom stereocenters. The van der Waals surface area contributed by atoms with Gasteiger partial charge in [0.05, 0.1) is 23.2 Å². The number of anilines is 1. The fraction of sp³-hybridized carbons (Fsp3) is 0.355. The van der Waals surface area contributed by atoms with Crippen molar-refractivity contribution in [1.29, 1.82) is 0 Å². The van der Waals surface area contributed by atoms with Gasteiger partial charge >= 0.3 is 0 Å². The number of nitrogens with zero attached hydrogens (tertiary/aromatic N) is 5. The van der Waals surface area contributed by atoms with E-state index in [1.165, 1.54) is 17.2 Å². The second kappa shape index (κ2) is 9.43. The van der Waals surface area contributed by atoms with Crippen LogP contribution < -0.4 is 10.6 Å². The monoisotopic (exact) mass is 538 g/mol. The van der Waals surface area contributed by atoms with E-state index in [9.17, 15) is 9.59 Å². The lowest BCUT2D eigenvalue weighted by atomic mass is 9.93. The molecule has 40 heavy (non-hydrogen) atoms. The number of nitrogens with two attached hydrogens (primary N) is 1. The first-order valence-corrected chi connectivity index (χ1v) is 14.0. The van der Waals surface area contributed by atoms with Crippen molar-refractivity contribution in [2.45, 2.75) is 44.6 Å². The highest BCUT2D eigenvalue weighted by Gasteiger charge is 2.33. The molecule has 0 bridgehead atoms. The first-order valence-electron chi connectivity index (χ1n) is 14.0. The van der Waals surface area contributed by atoms with Crippen LogP contribution >= 0.6 is 0 Å². The lowest BCUT2D eigenvalue weighted by Gasteiger charge is -2.35. The average molecular weight is 539 g/mol. The van der Waals surface area contributed by atoms with Crippen LogP contribution in [0.2, 0.25) is 0 Å². The van der Waals surface area contributed by atoms with Gasteiger partial charge in [0.15, 0.2) is 0 Å². The number of carbonyl (C=O) groups is 2. The number of aromatic nitrogens is 3. The Morgan fingerprint density at radius 2 is 1.85 bits per heavy atom. The largest absolute Gasteiger partial charge is 0.371 e. The minimum absolute atomic E-state index is 0.0400. The molecule has 2 aliphatic heterocycles. The van der Waals surface area contributed by atoms with Crippen LogP contribution in [-0.2, 0) is 11.2 Å². The van der Waals surface area contributed by atoms with Crippen molar-refractivity contribution in [3.05, 3.63) is 83.1 Å². The van der Waals surface area contributed by atoms with Gasteiger partial charge in [-0.1, -0.05) is 24.3 Å².